The molecule has 0 amide bonds. The lowest BCUT2D eigenvalue weighted by Crippen LogP contribution is -2.65. The molecule has 0 unspecified atom stereocenters. The normalized spacial score (nSPS) is 57.0. The lowest BCUT2D eigenvalue weighted by molar-refractivity contribution is -0.234. The molecule has 0 N–H and O–H groups in total. The second-order valence-electron chi connectivity index (χ2n) is 14.6. The topological polar surface area (TPSA) is 0 Å². The molecule has 170 valence electrons. The Kier molecular flexibility index (Phi) is 4.61. The van der Waals surface area contributed by atoms with E-state index in [1.165, 1.54) is 76.2 Å². The highest BCUT2D eigenvalue weighted by molar-refractivity contribution is 5.20. The monoisotopic (exact) mass is 410 g/mol. The first-order chi connectivity index (χ1) is 13.9. The van der Waals surface area contributed by atoms with Crippen LogP contribution < -0.4 is 0 Å². The second-order valence-corrected chi connectivity index (χ2v) is 14.6. The van der Waals surface area contributed by atoms with Crippen molar-refractivity contribution in [2.24, 2.45) is 56.7 Å². The van der Waals surface area contributed by atoms with Gasteiger partial charge in [-0.15, -0.1) is 0 Å². The van der Waals surface area contributed by atoms with Crippen molar-refractivity contribution < 1.29 is 0 Å². The minimum atomic E-state index is 0.535. The molecule has 0 aliphatic heterocycles. The molecule has 9 atom stereocenters. The highest BCUT2D eigenvalue weighted by atomic mass is 14.7. The average Bonchev–Trinajstić information content (AvgIpc) is 2.99. The molecule has 0 aromatic rings. The van der Waals surface area contributed by atoms with Gasteiger partial charge in [-0.2, -0.15) is 0 Å². The van der Waals surface area contributed by atoms with E-state index < -0.39 is 0 Å². The summed E-state index contributed by atoms with van der Waals surface area (Å²) < 4.78 is 0. The maximum absolute atomic E-state index is 4.44. The number of hydrogen-bond donors (Lipinski definition) is 0. The van der Waals surface area contributed by atoms with E-state index in [1.54, 1.807) is 0 Å². The predicted octanol–water partition coefficient (Wildman–Crippen LogP) is 9.05. The second kappa shape index (κ2) is 6.41. The van der Waals surface area contributed by atoms with Crippen LogP contribution in [-0.4, -0.2) is 0 Å². The summed E-state index contributed by atoms with van der Waals surface area (Å²) in [5.41, 5.74) is 4.25. The third-order valence-corrected chi connectivity index (χ3v) is 13.4. The van der Waals surface area contributed by atoms with Gasteiger partial charge in [-0.3, -0.25) is 0 Å². The Bertz CT molecular complexity index is 730. The summed E-state index contributed by atoms with van der Waals surface area (Å²) in [6, 6.07) is 0. The highest BCUT2D eigenvalue weighted by Gasteiger charge is 2.69. The molecular formula is C30H50. The van der Waals surface area contributed by atoms with Gasteiger partial charge in [0.2, 0.25) is 0 Å². The summed E-state index contributed by atoms with van der Waals surface area (Å²) in [6.07, 6.45) is 16.3. The van der Waals surface area contributed by atoms with E-state index in [1.807, 2.05) is 0 Å². The molecule has 5 saturated carbocycles. The summed E-state index contributed by atoms with van der Waals surface area (Å²) in [6.45, 7) is 23.0. The van der Waals surface area contributed by atoms with Crippen LogP contribution in [-0.2, 0) is 0 Å². The largest absolute Gasteiger partial charge is 0.0998 e. The van der Waals surface area contributed by atoms with Crippen molar-refractivity contribution in [1.29, 1.82) is 0 Å². The Morgan fingerprint density at radius 1 is 0.633 bits per heavy atom. The summed E-state index contributed by atoms with van der Waals surface area (Å²) in [7, 11) is 0. The Hall–Kier alpha value is -0.260. The number of allylic oxidation sites excluding steroid dienone is 1. The van der Waals surface area contributed by atoms with E-state index in [9.17, 15) is 0 Å². The zero-order valence-corrected chi connectivity index (χ0v) is 21.4. The van der Waals surface area contributed by atoms with Gasteiger partial charge in [0.1, 0.15) is 0 Å². The first kappa shape index (κ1) is 21.6. The molecule has 0 bridgehead atoms. The Morgan fingerprint density at radius 3 is 2.03 bits per heavy atom. The summed E-state index contributed by atoms with van der Waals surface area (Å²) in [4.78, 5) is 0. The maximum Gasteiger partial charge on any atom is -0.0152 e. The summed E-state index contributed by atoms with van der Waals surface area (Å²) >= 11 is 0. The van der Waals surface area contributed by atoms with Crippen LogP contribution in [0.2, 0.25) is 0 Å². The molecule has 5 aliphatic rings. The highest BCUT2D eigenvalue weighted by Crippen LogP contribution is 2.77. The van der Waals surface area contributed by atoms with Gasteiger partial charge in [0.05, 0.1) is 0 Å². The summed E-state index contributed by atoms with van der Waals surface area (Å²) in [5, 5.41) is 0. The van der Waals surface area contributed by atoms with Gasteiger partial charge in [-0.05, 0) is 128 Å². The molecule has 5 fully saturated rings. The van der Waals surface area contributed by atoms with Crippen LogP contribution in [0.1, 0.15) is 119 Å². The smallest absolute Gasteiger partial charge is 0.0152 e. The molecule has 5 aliphatic carbocycles. The van der Waals surface area contributed by atoms with Gasteiger partial charge < -0.3 is 0 Å². The van der Waals surface area contributed by atoms with Crippen molar-refractivity contribution in [3.63, 3.8) is 0 Å². The van der Waals surface area contributed by atoms with Crippen LogP contribution in [0, 0.1) is 56.7 Å². The molecule has 0 spiro atoms. The first-order valence-electron chi connectivity index (χ1n) is 13.6. The van der Waals surface area contributed by atoms with E-state index in [4.69, 9.17) is 0 Å². The lowest BCUT2D eigenvalue weighted by Gasteiger charge is -2.72. The zero-order valence-electron chi connectivity index (χ0n) is 21.4. The van der Waals surface area contributed by atoms with Crippen molar-refractivity contribution >= 4 is 0 Å². The number of hydrogen-bond acceptors (Lipinski definition) is 0. The molecular weight excluding hydrogens is 360 g/mol. The van der Waals surface area contributed by atoms with E-state index in [0.717, 1.165) is 29.6 Å². The van der Waals surface area contributed by atoms with Crippen LogP contribution in [0.5, 0.6) is 0 Å². The molecule has 0 aromatic carbocycles. The van der Waals surface area contributed by atoms with Crippen molar-refractivity contribution in [3.05, 3.63) is 12.2 Å². The predicted molar refractivity (Wildman–Crippen MR) is 129 cm³/mol. The van der Waals surface area contributed by atoms with E-state index >= 15 is 0 Å². The fourth-order valence-corrected chi connectivity index (χ4v) is 11.8. The van der Waals surface area contributed by atoms with Crippen LogP contribution in [0.4, 0.5) is 0 Å². The lowest BCUT2D eigenvalue weighted by atomic mass is 9.32. The number of fused-ring (bicyclic) bond motifs is 7. The fraction of sp³-hybridized carbons (Fsp3) is 0.933. The van der Waals surface area contributed by atoms with Crippen LogP contribution in [0.25, 0.3) is 0 Å². The first-order valence-corrected chi connectivity index (χ1v) is 13.6. The van der Waals surface area contributed by atoms with Crippen molar-refractivity contribution in [2.75, 3.05) is 0 Å². The molecule has 0 aromatic heterocycles. The van der Waals surface area contributed by atoms with Crippen molar-refractivity contribution in [2.45, 2.75) is 119 Å². The van der Waals surface area contributed by atoms with Gasteiger partial charge >= 0.3 is 0 Å². The Labute approximate surface area is 188 Å². The van der Waals surface area contributed by atoms with E-state index in [0.29, 0.717) is 27.1 Å². The number of rotatable bonds is 1. The quantitative estimate of drug-likeness (QED) is 0.378. The van der Waals surface area contributed by atoms with Gasteiger partial charge in [0.15, 0.2) is 0 Å². The molecule has 0 nitrogen and oxygen atoms in total. The molecule has 0 heteroatoms. The molecule has 0 heterocycles. The minimum Gasteiger partial charge on any atom is -0.0998 e. The maximum atomic E-state index is 4.44. The minimum absolute atomic E-state index is 0.535. The Morgan fingerprint density at radius 2 is 1.33 bits per heavy atom. The standard InChI is InChI=1S/C30H50/c1-20(2)21-10-11-22-23-12-13-25-28(6)16-9-15-26(3,4)24(28)14-17-30(25,8)29(23,7)19-18-27(21,22)5/h21-25H,1,9-19H2,2-8H3/t21-,22-,23-,24+,25-,27+,28+,29-,30-/m1/s1. The van der Waals surface area contributed by atoms with Crippen LogP contribution in [0.15, 0.2) is 12.2 Å². The SMILES string of the molecule is C=C(C)[C@H]1CC[C@@H]2[C@H]3CC[C@@H]4[C@@]5(C)CCCC(C)(C)[C@@H]5CC[C@@]4(C)[C@]3(C)CC[C@@]12C. The zero-order chi connectivity index (χ0) is 21.7. The fourth-order valence-electron chi connectivity index (χ4n) is 11.8. The summed E-state index contributed by atoms with van der Waals surface area (Å²) in [5.74, 6) is 4.59. The van der Waals surface area contributed by atoms with E-state index in [2.05, 4.69) is 55.0 Å². The van der Waals surface area contributed by atoms with E-state index in [-0.39, 0.29) is 0 Å². The van der Waals surface area contributed by atoms with Crippen LogP contribution >= 0.6 is 0 Å². The van der Waals surface area contributed by atoms with Gasteiger partial charge in [-0.1, -0.05) is 60.1 Å². The molecule has 30 heavy (non-hydrogen) atoms. The van der Waals surface area contributed by atoms with Gasteiger partial charge in [0.25, 0.3) is 0 Å². The Balaban J connectivity index is 1.51. The van der Waals surface area contributed by atoms with Crippen LogP contribution in [0.3, 0.4) is 0 Å². The van der Waals surface area contributed by atoms with Crippen molar-refractivity contribution in [3.8, 4) is 0 Å². The van der Waals surface area contributed by atoms with Crippen molar-refractivity contribution in [1.82, 2.24) is 0 Å². The third-order valence-electron chi connectivity index (χ3n) is 13.4. The van der Waals surface area contributed by atoms with Gasteiger partial charge in [0, 0.05) is 0 Å². The van der Waals surface area contributed by atoms with Gasteiger partial charge in [-0.25, -0.2) is 0 Å². The molecule has 0 saturated heterocycles. The third kappa shape index (κ3) is 2.46. The average molecular weight is 411 g/mol. The molecule has 5 rings (SSSR count). The molecule has 0 radical (unpaired) electrons.